The Balaban J connectivity index is 2.21. The topological polar surface area (TPSA) is 38.1 Å². The molecule has 1 aliphatic rings. The van der Waals surface area contributed by atoms with Gasteiger partial charge in [-0.3, -0.25) is 0 Å². The lowest BCUT2D eigenvalue weighted by Crippen LogP contribution is -2.23. The third kappa shape index (κ3) is 1.75. The highest BCUT2D eigenvalue weighted by molar-refractivity contribution is 5.25. The lowest BCUT2D eigenvalue weighted by Gasteiger charge is -2.11. The second-order valence-electron chi connectivity index (χ2n) is 4.06. The average Bonchev–Trinajstić information content (AvgIpc) is 2.48. The normalized spacial score (nSPS) is 16.2. The summed E-state index contributed by atoms with van der Waals surface area (Å²) >= 11 is 0. The molecule has 1 aromatic heterocycles. The predicted octanol–water partition coefficient (Wildman–Crippen LogP) is 1.52. The number of fused-ring (bicyclic) bond motifs is 1. The first-order valence-corrected chi connectivity index (χ1v) is 4.94. The molecule has 0 fully saturated rings. The van der Waals surface area contributed by atoms with Crippen molar-refractivity contribution in [1.82, 2.24) is 10.5 Å². The Labute approximate surface area is 78.5 Å². The smallest absolute Gasteiger partial charge is 0.142 e. The van der Waals surface area contributed by atoms with E-state index in [2.05, 4.69) is 24.3 Å². The number of rotatable bonds is 2. The van der Waals surface area contributed by atoms with Crippen LogP contribution in [0.5, 0.6) is 0 Å². The van der Waals surface area contributed by atoms with Gasteiger partial charge in [-0.1, -0.05) is 19.0 Å². The summed E-state index contributed by atoms with van der Waals surface area (Å²) in [5.41, 5.74) is 2.46. The Kier molecular flexibility index (Phi) is 2.36. The summed E-state index contributed by atoms with van der Waals surface area (Å²) in [4.78, 5) is 0. The molecule has 3 heteroatoms. The van der Waals surface area contributed by atoms with Crippen LogP contribution in [-0.4, -0.2) is 11.7 Å². The van der Waals surface area contributed by atoms with Crippen LogP contribution in [0, 0.1) is 5.92 Å². The van der Waals surface area contributed by atoms with E-state index in [-0.39, 0.29) is 0 Å². The molecule has 0 atom stereocenters. The fraction of sp³-hybridized carbons (Fsp3) is 0.700. The molecule has 0 aromatic carbocycles. The van der Waals surface area contributed by atoms with Crippen molar-refractivity contribution in [2.75, 3.05) is 6.54 Å². The first kappa shape index (κ1) is 8.75. The summed E-state index contributed by atoms with van der Waals surface area (Å²) < 4.78 is 5.30. The molecule has 0 unspecified atom stereocenters. The van der Waals surface area contributed by atoms with Crippen molar-refractivity contribution >= 4 is 0 Å². The Morgan fingerprint density at radius 2 is 2.38 bits per heavy atom. The van der Waals surface area contributed by atoms with Gasteiger partial charge in [0.2, 0.25) is 0 Å². The minimum atomic E-state index is 0.649. The standard InChI is InChI=1S/C10H16N2O/c1-7(2)5-9-8-6-11-4-3-10(8)13-12-9/h7,11H,3-6H2,1-2H3. The lowest BCUT2D eigenvalue weighted by molar-refractivity contribution is 0.366. The van der Waals surface area contributed by atoms with Gasteiger partial charge in [-0.25, -0.2) is 0 Å². The van der Waals surface area contributed by atoms with E-state index < -0.39 is 0 Å². The zero-order chi connectivity index (χ0) is 9.26. The number of aromatic nitrogens is 1. The fourth-order valence-electron chi connectivity index (χ4n) is 1.74. The zero-order valence-electron chi connectivity index (χ0n) is 8.26. The van der Waals surface area contributed by atoms with Crippen molar-refractivity contribution < 1.29 is 4.52 Å². The highest BCUT2D eigenvalue weighted by Gasteiger charge is 2.18. The van der Waals surface area contributed by atoms with Crippen molar-refractivity contribution in [2.45, 2.75) is 33.2 Å². The molecule has 0 radical (unpaired) electrons. The molecule has 0 amide bonds. The van der Waals surface area contributed by atoms with Gasteiger partial charge in [-0.2, -0.15) is 0 Å². The molecule has 2 rings (SSSR count). The Morgan fingerprint density at radius 1 is 1.54 bits per heavy atom. The minimum absolute atomic E-state index is 0.649. The van der Waals surface area contributed by atoms with Crippen LogP contribution in [0.25, 0.3) is 0 Å². The van der Waals surface area contributed by atoms with Gasteiger partial charge in [0.05, 0.1) is 5.69 Å². The highest BCUT2D eigenvalue weighted by Crippen LogP contribution is 2.20. The minimum Gasteiger partial charge on any atom is -0.361 e. The van der Waals surface area contributed by atoms with E-state index in [9.17, 15) is 0 Å². The number of nitrogens with one attached hydrogen (secondary N) is 1. The largest absolute Gasteiger partial charge is 0.361 e. The molecule has 2 heterocycles. The van der Waals surface area contributed by atoms with Gasteiger partial charge in [0, 0.05) is 25.1 Å². The molecule has 1 aromatic rings. The molecule has 13 heavy (non-hydrogen) atoms. The van der Waals surface area contributed by atoms with Crippen molar-refractivity contribution in [3.63, 3.8) is 0 Å². The third-order valence-corrected chi connectivity index (χ3v) is 2.38. The first-order chi connectivity index (χ1) is 6.27. The summed E-state index contributed by atoms with van der Waals surface area (Å²) in [7, 11) is 0. The van der Waals surface area contributed by atoms with Gasteiger partial charge < -0.3 is 9.84 Å². The van der Waals surface area contributed by atoms with Crippen LogP contribution in [0.2, 0.25) is 0 Å². The summed E-state index contributed by atoms with van der Waals surface area (Å²) in [6.45, 7) is 6.36. The maximum absolute atomic E-state index is 5.30. The molecule has 0 spiro atoms. The van der Waals surface area contributed by atoms with E-state index >= 15 is 0 Å². The van der Waals surface area contributed by atoms with Gasteiger partial charge >= 0.3 is 0 Å². The number of hydrogen-bond donors (Lipinski definition) is 1. The second kappa shape index (κ2) is 3.50. The molecule has 0 bridgehead atoms. The number of nitrogens with zero attached hydrogens (tertiary/aromatic N) is 1. The van der Waals surface area contributed by atoms with E-state index in [0.29, 0.717) is 5.92 Å². The molecule has 0 aliphatic carbocycles. The van der Waals surface area contributed by atoms with Crippen LogP contribution in [-0.2, 0) is 19.4 Å². The SMILES string of the molecule is CC(C)Cc1noc2c1CNCC2. The quantitative estimate of drug-likeness (QED) is 0.749. The molecule has 0 saturated heterocycles. The third-order valence-electron chi connectivity index (χ3n) is 2.38. The van der Waals surface area contributed by atoms with E-state index in [0.717, 1.165) is 37.4 Å². The van der Waals surface area contributed by atoms with Gasteiger partial charge in [-0.15, -0.1) is 0 Å². The molecule has 1 N–H and O–H groups in total. The molecule has 1 aliphatic heterocycles. The zero-order valence-corrected chi connectivity index (χ0v) is 8.26. The summed E-state index contributed by atoms with van der Waals surface area (Å²) in [5.74, 6) is 1.74. The van der Waals surface area contributed by atoms with Crippen molar-refractivity contribution in [1.29, 1.82) is 0 Å². The van der Waals surface area contributed by atoms with Gasteiger partial charge in [-0.05, 0) is 12.3 Å². The van der Waals surface area contributed by atoms with Crippen LogP contribution in [0.4, 0.5) is 0 Å². The summed E-state index contributed by atoms with van der Waals surface area (Å²) in [5, 5.41) is 7.46. The Bertz CT molecular complexity index is 291. The maximum atomic E-state index is 5.30. The highest BCUT2D eigenvalue weighted by atomic mass is 16.5. The Morgan fingerprint density at radius 3 is 3.15 bits per heavy atom. The molecular weight excluding hydrogens is 164 g/mol. The summed E-state index contributed by atoms with van der Waals surface area (Å²) in [6, 6.07) is 0. The fourth-order valence-corrected chi connectivity index (χ4v) is 1.74. The molecule has 0 saturated carbocycles. The monoisotopic (exact) mass is 180 g/mol. The van der Waals surface area contributed by atoms with Crippen molar-refractivity contribution in [3.05, 3.63) is 17.0 Å². The van der Waals surface area contributed by atoms with Crippen LogP contribution >= 0.6 is 0 Å². The lowest BCUT2D eigenvalue weighted by atomic mass is 10.0. The summed E-state index contributed by atoms with van der Waals surface area (Å²) in [6.07, 6.45) is 2.01. The van der Waals surface area contributed by atoms with Crippen LogP contribution in [0.1, 0.15) is 30.9 Å². The van der Waals surface area contributed by atoms with E-state index in [1.54, 1.807) is 0 Å². The predicted molar refractivity (Wildman–Crippen MR) is 50.5 cm³/mol. The maximum Gasteiger partial charge on any atom is 0.142 e. The molecular formula is C10H16N2O. The average molecular weight is 180 g/mol. The van der Waals surface area contributed by atoms with E-state index in [1.807, 2.05) is 0 Å². The van der Waals surface area contributed by atoms with Gasteiger partial charge in [0.15, 0.2) is 0 Å². The molecule has 3 nitrogen and oxygen atoms in total. The second-order valence-corrected chi connectivity index (χ2v) is 4.06. The van der Waals surface area contributed by atoms with Crippen LogP contribution < -0.4 is 5.32 Å². The van der Waals surface area contributed by atoms with Gasteiger partial charge in [0.1, 0.15) is 5.76 Å². The van der Waals surface area contributed by atoms with Gasteiger partial charge in [0.25, 0.3) is 0 Å². The Hall–Kier alpha value is -0.830. The first-order valence-electron chi connectivity index (χ1n) is 4.94. The molecule has 72 valence electrons. The van der Waals surface area contributed by atoms with E-state index in [1.165, 1.54) is 5.56 Å². The van der Waals surface area contributed by atoms with Crippen LogP contribution in [0.15, 0.2) is 4.52 Å². The number of hydrogen-bond acceptors (Lipinski definition) is 3. The van der Waals surface area contributed by atoms with Crippen molar-refractivity contribution in [2.24, 2.45) is 5.92 Å². The van der Waals surface area contributed by atoms with E-state index in [4.69, 9.17) is 4.52 Å². The van der Waals surface area contributed by atoms with Crippen molar-refractivity contribution in [3.8, 4) is 0 Å². The van der Waals surface area contributed by atoms with Crippen LogP contribution in [0.3, 0.4) is 0 Å².